The third-order valence-electron chi connectivity index (χ3n) is 6.89. The van der Waals surface area contributed by atoms with Gasteiger partial charge in [-0.2, -0.15) is 0 Å². The average Bonchev–Trinajstić information content (AvgIpc) is 3.19. The Hall–Kier alpha value is -1.42. The van der Waals surface area contributed by atoms with Crippen molar-refractivity contribution < 1.29 is 10.2 Å². The van der Waals surface area contributed by atoms with E-state index in [0.717, 1.165) is 18.4 Å². The van der Waals surface area contributed by atoms with Crippen LogP contribution in [0.5, 0.6) is 0 Å². The summed E-state index contributed by atoms with van der Waals surface area (Å²) >= 11 is 0. The van der Waals surface area contributed by atoms with Crippen molar-refractivity contribution in [3.8, 4) is 0 Å². The molecule has 1 aromatic rings. The summed E-state index contributed by atoms with van der Waals surface area (Å²) < 4.78 is 0. The third-order valence-corrected chi connectivity index (χ3v) is 6.89. The Kier molecular flexibility index (Phi) is 8.73. The van der Waals surface area contributed by atoms with Crippen LogP contribution in [0.3, 0.4) is 0 Å². The first-order valence-electron chi connectivity index (χ1n) is 11.9. The minimum Gasteiger partial charge on any atom is -0.392 e. The third kappa shape index (κ3) is 6.80. The van der Waals surface area contributed by atoms with Crippen molar-refractivity contribution in [2.75, 3.05) is 20.6 Å². The minimum absolute atomic E-state index is 0.177. The molecular formula is C27H41NO2. The van der Waals surface area contributed by atoms with Crippen molar-refractivity contribution in [2.24, 2.45) is 17.8 Å². The van der Waals surface area contributed by atoms with Gasteiger partial charge in [0.25, 0.3) is 0 Å². The van der Waals surface area contributed by atoms with Gasteiger partial charge >= 0.3 is 0 Å². The molecule has 3 nitrogen and oxygen atoms in total. The van der Waals surface area contributed by atoms with E-state index in [4.69, 9.17) is 0 Å². The monoisotopic (exact) mass is 411 g/mol. The zero-order valence-electron chi connectivity index (χ0n) is 19.1. The molecule has 166 valence electrons. The number of unbranched alkanes of at least 4 members (excludes halogenated alkanes) is 3. The average molecular weight is 412 g/mol. The number of aryl methyl sites for hydroxylation is 1. The smallest absolute Gasteiger partial charge is 0.0761 e. The van der Waals surface area contributed by atoms with Gasteiger partial charge in [-0.25, -0.2) is 0 Å². The van der Waals surface area contributed by atoms with Crippen molar-refractivity contribution in [2.45, 2.75) is 70.5 Å². The summed E-state index contributed by atoms with van der Waals surface area (Å²) in [6.45, 7) is 3.27. The lowest BCUT2D eigenvalue weighted by molar-refractivity contribution is 0.140. The van der Waals surface area contributed by atoms with Gasteiger partial charge in [0.1, 0.15) is 0 Å². The van der Waals surface area contributed by atoms with Crippen molar-refractivity contribution in [3.63, 3.8) is 0 Å². The van der Waals surface area contributed by atoms with Gasteiger partial charge in [-0.1, -0.05) is 66.5 Å². The Morgan fingerprint density at radius 3 is 2.73 bits per heavy atom. The van der Waals surface area contributed by atoms with Gasteiger partial charge < -0.3 is 15.1 Å². The lowest BCUT2D eigenvalue weighted by Crippen LogP contribution is -2.18. The van der Waals surface area contributed by atoms with E-state index in [0.29, 0.717) is 18.3 Å². The molecule has 0 radical (unpaired) electrons. The quantitative estimate of drug-likeness (QED) is 0.402. The Morgan fingerprint density at radius 1 is 1.17 bits per heavy atom. The number of fused-ring (bicyclic) bond motifs is 1. The van der Waals surface area contributed by atoms with Gasteiger partial charge in [-0.3, -0.25) is 0 Å². The van der Waals surface area contributed by atoms with Crippen LogP contribution in [0.4, 0.5) is 0 Å². The normalized spacial score (nSPS) is 27.1. The van der Waals surface area contributed by atoms with Crippen molar-refractivity contribution in [1.29, 1.82) is 0 Å². The van der Waals surface area contributed by atoms with Crippen molar-refractivity contribution >= 4 is 0 Å². The fraction of sp³-hybridized carbons (Fsp3) is 0.630. The highest BCUT2D eigenvalue weighted by molar-refractivity contribution is 5.24. The van der Waals surface area contributed by atoms with Crippen LogP contribution in [-0.4, -0.2) is 48.0 Å². The van der Waals surface area contributed by atoms with Crippen LogP contribution in [0.25, 0.3) is 0 Å². The second kappa shape index (κ2) is 11.3. The zero-order chi connectivity index (χ0) is 21.5. The lowest BCUT2D eigenvalue weighted by Gasteiger charge is -2.19. The van der Waals surface area contributed by atoms with E-state index in [1.54, 1.807) is 5.57 Å². The highest BCUT2D eigenvalue weighted by Gasteiger charge is 2.43. The molecule has 1 aromatic carbocycles. The van der Waals surface area contributed by atoms with Crippen LogP contribution in [0, 0.1) is 24.7 Å². The molecule has 0 spiro atoms. The summed E-state index contributed by atoms with van der Waals surface area (Å²) in [4.78, 5) is 2.26. The summed E-state index contributed by atoms with van der Waals surface area (Å²) in [5, 5.41) is 21.0. The number of allylic oxidation sites excluding steroid dienone is 2. The van der Waals surface area contributed by atoms with Crippen LogP contribution in [0.2, 0.25) is 0 Å². The van der Waals surface area contributed by atoms with Crippen LogP contribution in [0.15, 0.2) is 48.1 Å². The summed E-state index contributed by atoms with van der Waals surface area (Å²) in [6, 6.07) is 8.32. The van der Waals surface area contributed by atoms with E-state index in [-0.39, 0.29) is 12.0 Å². The van der Waals surface area contributed by atoms with Gasteiger partial charge in [0.2, 0.25) is 0 Å². The Balaban J connectivity index is 1.44. The predicted octanol–water partition coefficient (Wildman–Crippen LogP) is 4.91. The maximum Gasteiger partial charge on any atom is 0.0761 e. The van der Waals surface area contributed by atoms with E-state index in [9.17, 15) is 10.2 Å². The van der Waals surface area contributed by atoms with Gasteiger partial charge in [0.15, 0.2) is 0 Å². The van der Waals surface area contributed by atoms with Gasteiger partial charge in [-0.05, 0) is 77.1 Å². The first-order chi connectivity index (χ1) is 14.4. The number of nitrogens with zero attached hydrogens (tertiary/aromatic N) is 1. The molecule has 1 fully saturated rings. The molecule has 1 saturated carbocycles. The maximum absolute atomic E-state index is 10.6. The molecule has 0 aromatic heterocycles. The number of benzene rings is 1. The first kappa shape index (κ1) is 23.2. The second-order valence-electron chi connectivity index (χ2n) is 9.85. The fourth-order valence-electron chi connectivity index (χ4n) is 5.33. The maximum atomic E-state index is 10.6. The molecule has 0 amide bonds. The van der Waals surface area contributed by atoms with Crippen molar-refractivity contribution in [1.82, 2.24) is 4.90 Å². The number of hydrogen-bond donors (Lipinski definition) is 2. The molecular weight excluding hydrogens is 370 g/mol. The van der Waals surface area contributed by atoms with E-state index in [2.05, 4.69) is 56.3 Å². The Morgan fingerprint density at radius 2 is 1.97 bits per heavy atom. The molecule has 0 bridgehead atoms. The number of aliphatic hydroxyl groups is 2. The van der Waals surface area contributed by atoms with E-state index in [1.807, 2.05) is 12.1 Å². The lowest BCUT2D eigenvalue weighted by atomic mass is 9.88. The fourth-order valence-corrected chi connectivity index (χ4v) is 5.33. The van der Waals surface area contributed by atoms with Gasteiger partial charge in [0.05, 0.1) is 12.2 Å². The molecule has 0 heterocycles. The van der Waals surface area contributed by atoms with Gasteiger partial charge in [-0.15, -0.1) is 0 Å². The molecule has 2 N–H and O–H groups in total. The zero-order valence-corrected chi connectivity index (χ0v) is 19.1. The van der Waals surface area contributed by atoms with Gasteiger partial charge in [0, 0.05) is 12.3 Å². The predicted molar refractivity (Wildman–Crippen MR) is 125 cm³/mol. The molecule has 2 aliphatic carbocycles. The van der Waals surface area contributed by atoms with Crippen LogP contribution < -0.4 is 0 Å². The number of hydrogen-bond acceptors (Lipinski definition) is 3. The van der Waals surface area contributed by atoms with Crippen LogP contribution in [-0.2, 0) is 6.42 Å². The Bertz CT molecular complexity index is 723. The topological polar surface area (TPSA) is 43.7 Å². The molecule has 3 rings (SSSR count). The molecule has 30 heavy (non-hydrogen) atoms. The largest absolute Gasteiger partial charge is 0.392 e. The number of rotatable bonds is 11. The SMILES string of the molecule is Cc1cccc(C[C@@H](O)C=C[C@@H]2[C@H]3CC(CCCCCCN(C)C)=C[C@H]3C[C@H]2O)c1. The van der Waals surface area contributed by atoms with Crippen LogP contribution >= 0.6 is 0 Å². The first-order valence-corrected chi connectivity index (χ1v) is 11.9. The van der Waals surface area contributed by atoms with E-state index < -0.39 is 6.10 Å². The van der Waals surface area contributed by atoms with Crippen molar-refractivity contribution in [3.05, 3.63) is 59.2 Å². The summed E-state index contributed by atoms with van der Waals surface area (Å²) in [6.07, 6.45) is 14.8. The summed E-state index contributed by atoms with van der Waals surface area (Å²) in [5.41, 5.74) is 3.98. The summed E-state index contributed by atoms with van der Waals surface area (Å²) in [7, 11) is 4.28. The van der Waals surface area contributed by atoms with Crippen LogP contribution in [0.1, 0.15) is 56.1 Å². The Labute approximate surface area is 183 Å². The van der Waals surface area contributed by atoms with E-state index in [1.165, 1.54) is 44.2 Å². The standard InChI is InChI=1S/C27H41NO2/c1-20-9-8-11-21(15-20)17-24(29)12-13-25-26-18-22(16-23(26)19-27(25)30)10-6-4-5-7-14-28(2)3/h8-9,11-13,15-16,23-27,29-30H,4-7,10,14,17-19H2,1-3H3/t23-,24-,25+,26-,27+/m0/s1. The summed E-state index contributed by atoms with van der Waals surface area (Å²) in [5.74, 6) is 1.22. The highest BCUT2D eigenvalue weighted by Crippen LogP contribution is 2.48. The number of aliphatic hydroxyl groups excluding tert-OH is 2. The molecule has 0 unspecified atom stereocenters. The minimum atomic E-state index is -0.492. The second-order valence-corrected chi connectivity index (χ2v) is 9.85. The highest BCUT2D eigenvalue weighted by atomic mass is 16.3. The molecule has 5 atom stereocenters. The molecule has 2 aliphatic rings. The molecule has 0 saturated heterocycles. The molecule has 0 aliphatic heterocycles. The molecule has 3 heteroatoms. The van der Waals surface area contributed by atoms with E-state index >= 15 is 0 Å².